The highest BCUT2D eigenvalue weighted by Gasteiger charge is 2.22. The van der Waals surface area contributed by atoms with Crippen LogP contribution in [-0.4, -0.2) is 27.6 Å². The Bertz CT molecular complexity index is 405. The number of rotatable bonds is 2. The van der Waals surface area contributed by atoms with Gasteiger partial charge in [-0.3, -0.25) is 0 Å². The fraction of sp³-hybridized carbons (Fsp3) is 0.636. The third-order valence-corrected chi connectivity index (χ3v) is 1.62. The summed E-state index contributed by atoms with van der Waals surface area (Å²) in [6.07, 6.45) is -0.683. The van der Waals surface area contributed by atoms with Crippen molar-refractivity contribution < 1.29 is 14.3 Å². The molecule has 1 aromatic heterocycles. The lowest BCUT2D eigenvalue weighted by atomic mass is 10.2. The molecule has 17 heavy (non-hydrogen) atoms. The maximum absolute atomic E-state index is 11.8. The number of hydrogen-bond donors (Lipinski definition) is 1. The van der Waals surface area contributed by atoms with Crippen molar-refractivity contribution in [1.29, 1.82) is 0 Å². The average Bonchev–Trinajstić information content (AvgIpc) is 2.42. The Labute approximate surface area is 101 Å². The van der Waals surface area contributed by atoms with Gasteiger partial charge in [0.25, 0.3) is 0 Å². The van der Waals surface area contributed by atoms with Crippen LogP contribution in [-0.2, 0) is 4.74 Å². The summed E-state index contributed by atoms with van der Waals surface area (Å²) < 4.78 is 11.6. The molecule has 6 nitrogen and oxygen atoms in total. The molecule has 0 aliphatic heterocycles. The van der Waals surface area contributed by atoms with Crippen LogP contribution in [0.1, 0.15) is 34.6 Å². The van der Waals surface area contributed by atoms with Crippen LogP contribution in [0.25, 0.3) is 0 Å². The summed E-state index contributed by atoms with van der Waals surface area (Å²) in [6, 6.07) is 1.49. The van der Waals surface area contributed by atoms with E-state index in [4.69, 9.17) is 15.2 Å². The van der Waals surface area contributed by atoms with Crippen molar-refractivity contribution in [2.75, 3.05) is 5.73 Å². The molecule has 6 heteroatoms. The second kappa shape index (κ2) is 4.65. The fourth-order valence-electron chi connectivity index (χ4n) is 1.14. The SMILES string of the molecule is CC(C)Oc1cc(N)nn1C(=O)OC(C)(C)C. The first-order valence-electron chi connectivity index (χ1n) is 5.44. The Kier molecular flexibility index (Phi) is 3.65. The van der Waals surface area contributed by atoms with E-state index in [0.29, 0.717) is 0 Å². The highest BCUT2D eigenvalue weighted by Crippen LogP contribution is 2.18. The summed E-state index contributed by atoms with van der Waals surface area (Å²) in [5.74, 6) is 0.498. The summed E-state index contributed by atoms with van der Waals surface area (Å²) in [5.41, 5.74) is 4.95. The molecule has 0 amide bonds. The second-order valence-electron chi connectivity index (χ2n) is 4.97. The number of carbonyl (C=O) groups is 1. The highest BCUT2D eigenvalue weighted by atomic mass is 16.6. The molecule has 0 bridgehead atoms. The standard InChI is InChI=1S/C11H19N3O3/c1-7(2)16-9-6-8(12)13-14(9)10(15)17-11(3,4)5/h6-7H,1-5H3,(H2,12,13). The molecule has 1 heterocycles. The predicted molar refractivity (Wildman–Crippen MR) is 64.0 cm³/mol. The Hall–Kier alpha value is -1.72. The Morgan fingerprint density at radius 3 is 2.53 bits per heavy atom. The smallest absolute Gasteiger partial charge is 0.438 e. The van der Waals surface area contributed by atoms with Gasteiger partial charge in [-0.05, 0) is 34.6 Å². The van der Waals surface area contributed by atoms with Crippen molar-refractivity contribution in [3.63, 3.8) is 0 Å². The van der Waals surface area contributed by atoms with Crippen LogP contribution >= 0.6 is 0 Å². The number of anilines is 1. The van der Waals surface area contributed by atoms with Crippen LogP contribution in [0.15, 0.2) is 6.07 Å². The topological polar surface area (TPSA) is 79.4 Å². The molecule has 1 rings (SSSR count). The molecule has 0 fully saturated rings. The number of nitrogen functional groups attached to an aromatic ring is 1. The number of aromatic nitrogens is 2. The summed E-state index contributed by atoms with van der Waals surface area (Å²) in [5, 5.41) is 3.84. The molecular weight excluding hydrogens is 222 g/mol. The number of carbonyl (C=O) groups excluding carboxylic acids is 1. The molecule has 0 unspecified atom stereocenters. The number of nitrogens with zero attached hydrogens (tertiary/aromatic N) is 2. The minimum absolute atomic E-state index is 0.0766. The van der Waals surface area contributed by atoms with Crippen molar-refractivity contribution in [2.24, 2.45) is 0 Å². The van der Waals surface area contributed by atoms with Gasteiger partial charge in [0.2, 0.25) is 5.88 Å². The van der Waals surface area contributed by atoms with Gasteiger partial charge in [-0.25, -0.2) is 4.79 Å². The Morgan fingerprint density at radius 1 is 1.47 bits per heavy atom. The lowest BCUT2D eigenvalue weighted by Crippen LogP contribution is -2.28. The first kappa shape index (κ1) is 13.3. The molecule has 0 saturated heterocycles. The van der Waals surface area contributed by atoms with E-state index < -0.39 is 11.7 Å². The molecule has 0 radical (unpaired) electrons. The molecule has 96 valence electrons. The molecule has 2 N–H and O–H groups in total. The molecular formula is C11H19N3O3. The Morgan fingerprint density at radius 2 is 2.06 bits per heavy atom. The largest absolute Gasteiger partial charge is 0.475 e. The van der Waals surface area contributed by atoms with Crippen LogP contribution < -0.4 is 10.5 Å². The summed E-state index contributed by atoms with van der Waals surface area (Å²) in [4.78, 5) is 11.8. The van der Waals surface area contributed by atoms with Gasteiger partial charge in [0.15, 0.2) is 0 Å². The lowest BCUT2D eigenvalue weighted by molar-refractivity contribution is 0.0490. The van der Waals surface area contributed by atoms with Gasteiger partial charge in [0, 0.05) is 6.07 Å². The summed E-state index contributed by atoms with van der Waals surface area (Å²) in [7, 11) is 0. The molecule has 0 atom stereocenters. The van der Waals surface area contributed by atoms with Crippen LogP contribution in [0.3, 0.4) is 0 Å². The molecule has 0 aliphatic carbocycles. The van der Waals surface area contributed by atoms with Crippen molar-refractivity contribution in [3.8, 4) is 5.88 Å². The van der Waals surface area contributed by atoms with Crippen molar-refractivity contribution in [1.82, 2.24) is 9.78 Å². The van der Waals surface area contributed by atoms with Gasteiger partial charge >= 0.3 is 6.09 Å². The first-order valence-corrected chi connectivity index (χ1v) is 5.44. The predicted octanol–water partition coefficient (Wildman–Crippen LogP) is 2.04. The first-order chi connectivity index (χ1) is 7.69. The molecule has 0 saturated carbocycles. The zero-order chi connectivity index (χ0) is 13.2. The van der Waals surface area contributed by atoms with E-state index in [-0.39, 0.29) is 17.8 Å². The van der Waals surface area contributed by atoms with Crippen molar-refractivity contribution in [2.45, 2.75) is 46.3 Å². The quantitative estimate of drug-likeness (QED) is 0.857. The van der Waals surface area contributed by atoms with E-state index in [1.54, 1.807) is 20.8 Å². The minimum Gasteiger partial charge on any atom is -0.475 e. The maximum Gasteiger partial charge on any atom is 0.438 e. The normalized spacial score (nSPS) is 11.6. The van der Waals surface area contributed by atoms with E-state index in [1.807, 2.05) is 13.8 Å². The fourth-order valence-corrected chi connectivity index (χ4v) is 1.14. The highest BCUT2D eigenvalue weighted by molar-refractivity contribution is 5.72. The molecule has 0 aliphatic rings. The van der Waals surface area contributed by atoms with Crippen molar-refractivity contribution >= 4 is 11.9 Å². The van der Waals surface area contributed by atoms with Gasteiger partial charge in [0.1, 0.15) is 11.4 Å². The second-order valence-corrected chi connectivity index (χ2v) is 4.97. The van der Waals surface area contributed by atoms with Gasteiger partial charge in [0.05, 0.1) is 6.10 Å². The Balaban J connectivity index is 2.93. The number of hydrogen-bond acceptors (Lipinski definition) is 5. The van der Waals surface area contributed by atoms with Gasteiger partial charge in [-0.15, -0.1) is 9.78 Å². The number of nitrogens with two attached hydrogens (primary N) is 1. The zero-order valence-electron chi connectivity index (χ0n) is 10.9. The minimum atomic E-state index is -0.607. The summed E-state index contributed by atoms with van der Waals surface area (Å²) in [6.45, 7) is 9.04. The third-order valence-electron chi connectivity index (χ3n) is 1.62. The van der Waals surface area contributed by atoms with Crippen LogP contribution in [0, 0.1) is 0 Å². The monoisotopic (exact) mass is 241 g/mol. The molecule has 0 aromatic carbocycles. The molecule has 0 spiro atoms. The van der Waals surface area contributed by atoms with E-state index in [0.717, 1.165) is 4.68 Å². The van der Waals surface area contributed by atoms with Crippen LogP contribution in [0.4, 0.5) is 10.6 Å². The van der Waals surface area contributed by atoms with E-state index in [9.17, 15) is 4.79 Å². The number of ether oxygens (including phenoxy) is 2. The van der Waals surface area contributed by atoms with E-state index >= 15 is 0 Å². The average molecular weight is 241 g/mol. The zero-order valence-corrected chi connectivity index (χ0v) is 10.9. The van der Waals surface area contributed by atoms with Crippen molar-refractivity contribution in [3.05, 3.63) is 6.07 Å². The maximum atomic E-state index is 11.8. The van der Waals surface area contributed by atoms with Gasteiger partial charge in [-0.2, -0.15) is 0 Å². The van der Waals surface area contributed by atoms with Crippen LogP contribution in [0.5, 0.6) is 5.88 Å². The van der Waals surface area contributed by atoms with Gasteiger partial charge < -0.3 is 15.2 Å². The van der Waals surface area contributed by atoms with E-state index in [2.05, 4.69) is 5.10 Å². The third kappa shape index (κ3) is 3.97. The van der Waals surface area contributed by atoms with Gasteiger partial charge in [-0.1, -0.05) is 0 Å². The van der Waals surface area contributed by atoms with E-state index in [1.165, 1.54) is 6.07 Å². The lowest BCUT2D eigenvalue weighted by Gasteiger charge is -2.19. The molecule has 1 aromatic rings. The summed E-state index contributed by atoms with van der Waals surface area (Å²) >= 11 is 0. The van der Waals surface area contributed by atoms with Crippen LogP contribution in [0.2, 0.25) is 0 Å².